The predicted molar refractivity (Wildman–Crippen MR) is 69.6 cm³/mol. The Bertz CT molecular complexity index is 356. The molecular formula is C14H22N2. The summed E-state index contributed by atoms with van der Waals surface area (Å²) in [6, 6.07) is 9.20. The fraction of sp³-hybridized carbons (Fsp3) is 0.571. The van der Waals surface area contributed by atoms with E-state index < -0.39 is 0 Å². The zero-order valence-electron chi connectivity index (χ0n) is 10.5. The first-order valence-electron chi connectivity index (χ1n) is 6.18. The number of rotatable bonds is 4. The van der Waals surface area contributed by atoms with Crippen molar-refractivity contribution in [2.45, 2.75) is 38.8 Å². The van der Waals surface area contributed by atoms with Crippen LogP contribution >= 0.6 is 0 Å². The van der Waals surface area contributed by atoms with Gasteiger partial charge in [-0.05, 0) is 44.2 Å². The van der Waals surface area contributed by atoms with Gasteiger partial charge in [0.15, 0.2) is 0 Å². The van der Waals surface area contributed by atoms with E-state index in [0.29, 0.717) is 6.04 Å². The molecule has 2 nitrogen and oxygen atoms in total. The number of hydrogen-bond donors (Lipinski definition) is 1. The number of para-hydroxylation sites is 1. The fourth-order valence-corrected chi connectivity index (χ4v) is 2.31. The number of nitrogens with two attached hydrogens (primary N) is 1. The van der Waals surface area contributed by atoms with Crippen LogP contribution in [-0.2, 0) is 0 Å². The average molecular weight is 218 g/mol. The lowest BCUT2D eigenvalue weighted by molar-refractivity contribution is 0.605. The van der Waals surface area contributed by atoms with Gasteiger partial charge in [-0.25, -0.2) is 0 Å². The first-order valence-corrected chi connectivity index (χ1v) is 6.18. The van der Waals surface area contributed by atoms with Crippen molar-refractivity contribution in [3.8, 4) is 0 Å². The van der Waals surface area contributed by atoms with E-state index in [0.717, 1.165) is 5.92 Å². The highest BCUT2D eigenvalue weighted by Crippen LogP contribution is 2.37. The Labute approximate surface area is 98.4 Å². The SMILES string of the molecule is CC(N)c1ccccc1N(C)C(C)C1CC1. The van der Waals surface area contributed by atoms with Crippen molar-refractivity contribution in [2.75, 3.05) is 11.9 Å². The summed E-state index contributed by atoms with van der Waals surface area (Å²) in [5.74, 6) is 0.881. The van der Waals surface area contributed by atoms with Gasteiger partial charge in [-0.3, -0.25) is 0 Å². The molecule has 1 aliphatic rings. The van der Waals surface area contributed by atoms with E-state index in [1.807, 2.05) is 0 Å². The van der Waals surface area contributed by atoms with Crippen molar-refractivity contribution in [2.24, 2.45) is 11.7 Å². The van der Waals surface area contributed by atoms with Crippen LogP contribution in [-0.4, -0.2) is 13.1 Å². The molecule has 2 atom stereocenters. The molecule has 0 radical (unpaired) electrons. The minimum Gasteiger partial charge on any atom is -0.371 e. The Hall–Kier alpha value is -1.02. The molecule has 0 heterocycles. The first-order chi connectivity index (χ1) is 7.61. The molecule has 1 aromatic rings. The van der Waals surface area contributed by atoms with E-state index in [1.54, 1.807) is 0 Å². The zero-order chi connectivity index (χ0) is 11.7. The van der Waals surface area contributed by atoms with E-state index in [-0.39, 0.29) is 6.04 Å². The molecule has 1 aliphatic carbocycles. The minimum absolute atomic E-state index is 0.102. The van der Waals surface area contributed by atoms with Gasteiger partial charge in [0.2, 0.25) is 0 Å². The second-order valence-corrected chi connectivity index (χ2v) is 5.04. The smallest absolute Gasteiger partial charge is 0.0414 e. The Kier molecular flexibility index (Phi) is 3.20. The third-order valence-electron chi connectivity index (χ3n) is 3.72. The molecule has 1 aromatic carbocycles. The van der Waals surface area contributed by atoms with Gasteiger partial charge in [0, 0.05) is 24.8 Å². The molecule has 0 aromatic heterocycles. The van der Waals surface area contributed by atoms with Gasteiger partial charge < -0.3 is 10.6 Å². The average Bonchev–Trinajstić information content (AvgIpc) is 3.11. The summed E-state index contributed by atoms with van der Waals surface area (Å²) in [7, 11) is 2.18. The summed E-state index contributed by atoms with van der Waals surface area (Å²) < 4.78 is 0. The summed E-state index contributed by atoms with van der Waals surface area (Å²) in [5, 5.41) is 0. The van der Waals surface area contributed by atoms with Gasteiger partial charge in [-0.1, -0.05) is 18.2 Å². The summed E-state index contributed by atoms with van der Waals surface area (Å²) in [6.45, 7) is 4.37. The van der Waals surface area contributed by atoms with Crippen molar-refractivity contribution in [3.63, 3.8) is 0 Å². The van der Waals surface area contributed by atoms with Crippen LogP contribution in [0, 0.1) is 5.92 Å². The van der Waals surface area contributed by atoms with Crippen LogP contribution in [0.1, 0.15) is 38.3 Å². The topological polar surface area (TPSA) is 29.3 Å². The van der Waals surface area contributed by atoms with Crippen molar-refractivity contribution in [1.82, 2.24) is 0 Å². The van der Waals surface area contributed by atoms with Crippen molar-refractivity contribution >= 4 is 5.69 Å². The molecule has 1 saturated carbocycles. The Balaban J connectivity index is 2.24. The van der Waals surface area contributed by atoms with Crippen LogP contribution in [0.2, 0.25) is 0 Å². The van der Waals surface area contributed by atoms with Crippen LogP contribution < -0.4 is 10.6 Å². The summed E-state index contributed by atoms with van der Waals surface area (Å²) in [4.78, 5) is 2.39. The highest BCUT2D eigenvalue weighted by atomic mass is 15.1. The van der Waals surface area contributed by atoms with Gasteiger partial charge >= 0.3 is 0 Å². The monoisotopic (exact) mass is 218 g/mol. The second kappa shape index (κ2) is 4.46. The number of benzene rings is 1. The summed E-state index contributed by atoms with van der Waals surface area (Å²) in [5.41, 5.74) is 8.55. The molecule has 1 fully saturated rings. The standard InChI is InChI=1S/C14H22N2/c1-10(15)13-6-4-5-7-14(13)16(3)11(2)12-8-9-12/h4-7,10-12H,8-9,15H2,1-3H3. The van der Waals surface area contributed by atoms with Crippen molar-refractivity contribution in [3.05, 3.63) is 29.8 Å². The molecule has 2 N–H and O–H groups in total. The zero-order valence-corrected chi connectivity index (χ0v) is 10.5. The molecule has 0 spiro atoms. The molecule has 88 valence electrons. The summed E-state index contributed by atoms with van der Waals surface area (Å²) >= 11 is 0. The number of hydrogen-bond acceptors (Lipinski definition) is 2. The molecule has 0 bridgehead atoms. The van der Waals surface area contributed by atoms with Gasteiger partial charge in [0.1, 0.15) is 0 Å². The van der Waals surface area contributed by atoms with Gasteiger partial charge in [-0.15, -0.1) is 0 Å². The van der Waals surface area contributed by atoms with Crippen molar-refractivity contribution in [1.29, 1.82) is 0 Å². The summed E-state index contributed by atoms with van der Waals surface area (Å²) in [6.07, 6.45) is 2.76. The van der Waals surface area contributed by atoms with Crippen LogP contribution in [0.5, 0.6) is 0 Å². The molecule has 2 heteroatoms. The Morgan fingerprint density at radius 2 is 1.88 bits per heavy atom. The predicted octanol–water partition coefficient (Wildman–Crippen LogP) is 2.94. The van der Waals surface area contributed by atoms with E-state index in [4.69, 9.17) is 5.73 Å². The van der Waals surface area contributed by atoms with E-state index in [2.05, 4.69) is 50.1 Å². The highest BCUT2D eigenvalue weighted by Gasteiger charge is 2.31. The maximum absolute atomic E-state index is 6.02. The van der Waals surface area contributed by atoms with Gasteiger partial charge in [0.25, 0.3) is 0 Å². The lowest BCUT2D eigenvalue weighted by atomic mass is 10.0. The van der Waals surface area contributed by atoms with Gasteiger partial charge in [-0.2, -0.15) is 0 Å². The minimum atomic E-state index is 0.102. The van der Waals surface area contributed by atoms with E-state index in [1.165, 1.54) is 24.1 Å². The van der Waals surface area contributed by atoms with Crippen LogP contribution in [0.4, 0.5) is 5.69 Å². The lowest BCUT2D eigenvalue weighted by Gasteiger charge is -2.30. The van der Waals surface area contributed by atoms with E-state index >= 15 is 0 Å². The molecule has 2 unspecified atom stereocenters. The quantitative estimate of drug-likeness (QED) is 0.842. The van der Waals surface area contributed by atoms with Crippen molar-refractivity contribution < 1.29 is 0 Å². The molecule has 16 heavy (non-hydrogen) atoms. The largest absolute Gasteiger partial charge is 0.371 e. The molecule has 0 amide bonds. The van der Waals surface area contributed by atoms with Crippen LogP contribution in [0.25, 0.3) is 0 Å². The fourth-order valence-electron chi connectivity index (χ4n) is 2.31. The molecule has 0 saturated heterocycles. The maximum Gasteiger partial charge on any atom is 0.0414 e. The lowest BCUT2D eigenvalue weighted by Crippen LogP contribution is -2.31. The third-order valence-corrected chi connectivity index (χ3v) is 3.72. The number of anilines is 1. The first kappa shape index (κ1) is 11.5. The maximum atomic E-state index is 6.02. The van der Waals surface area contributed by atoms with E-state index in [9.17, 15) is 0 Å². The Morgan fingerprint density at radius 3 is 2.44 bits per heavy atom. The molecular weight excluding hydrogens is 196 g/mol. The highest BCUT2D eigenvalue weighted by molar-refractivity contribution is 5.55. The second-order valence-electron chi connectivity index (χ2n) is 5.04. The third kappa shape index (κ3) is 2.22. The number of nitrogens with zero attached hydrogens (tertiary/aromatic N) is 1. The normalized spacial score (nSPS) is 19.2. The van der Waals surface area contributed by atoms with Crippen LogP contribution in [0.3, 0.4) is 0 Å². The Morgan fingerprint density at radius 1 is 1.25 bits per heavy atom. The van der Waals surface area contributed by atoms with Gasteiger partial charge in [0.05, 0.1) is 0 Å². The molecule has 0 aliphatic heterocycles. The van der Waals surface area contributed by atoms with Crippen LogP contribution in [0.15, 0.2) is 24.3 Å². The molecule has 2 rings (SSSR count).